The number of carbonyl (C=O) groups excluding carboxylic acids is 2. The molecule has 0 aliphatic rings. The molecule has 132 valence electrons. The molecule has 0 atom stereocenters. The van der Waals surface area contributed by atoms with Crippen LogP contribution in [0.15, 0.2) is 48.5 Å². The molecule has 0 saturated heterocycles. The molecule has 0 unspecified atom stereocenters. The Kier molecular flexibility index (Phi) is 6.83. The van der Waals surface area contributed by atoms with Gasteiger partial charge < -0.3 is 19.9 Å². The van der Waals surface area contributed by atoms with Crippen molar-refractivity contribution in [1.82, 2.24) is 0 Å². The van der Waals surface area contributed by atoms with Crippen molar-refractivity contribution in [3.8, 4) is 11.5 Å². The molecule has 2 N–H and O–H groups in total. The van der Waals surface area contributed by atoms with Crippen LogP contribution in [0.3, 0.4) is 0 Å². The molecule has 25 heavy (non-hydrogen) atoms. The summed E-state index contributed by atoms with van der Waals surface area (Å²) in [7, 11) is 1.60. The van der Waals surface area contributed by atoms with Gasteiger partial charge in [-0.3, -0.25) is 9.59 Å². The van der Waals surface area contributed by atoms with E-state index in [9.17, 15) is 9.59 Å². The Morgan fingerprint density at radius 3 is 2.20 bits per heavy atom. The van der Waals surface area contributed by atoms with E-state index in [0.29, 0.717) is 18.6 Å². The minimum Gasteiger partial charge on any atom is -0.497 e. The molecule has 0 spiro atoms. The van der Waals surface area contributed by atoms with Crippen LogP contribution in [0.2, 0.25) is 0 Å². The molecule has 1 amide bonds. The van der Waals surface area contributed by atoms with Crippen LogP contribution in [0.4, 0.5) is 0 Å². The number of ether oxygens (including phenoxy) is 3. The Morgan fingerprint density at radius 2 is 1.60 bits per heavy atom. The SMILES string of the molecule is COc1ccc(OCCCC(=O)OCc2ccc(C(N)=O)cc2)cc1. The predicted octanol–water partition coefficient (Wildman–Crippen LogP) is 2.70. The monoisotopic (exact) mass is 343 g/mol. The topological polar surface area (TPSA) is 87.8 Å². The molecule has 0 bridgehead atoms. The van der Waals surface area contributed by atoms with Gasteiger partial charge in [-0.1, -0.05) is 12.1 Å². The zero-order chi connectivity index (χ0) is 18.1. The molecule has 2 rings (SSSR count). The first-order valence-electron chi connectivity index (χ1n) is 7.89. The number of esters is 1. The number of carbonyl (C=O) groups is 2. The van der Waals surface area contributed by atoms with Crippen molar-refractivity contribution in [1.29, 1.82) is 0 Å². The van der Waals surface area contributed by atoms with Gasteiger partial charge in [-0.25, -0.2) is 0 Å². The molecule has 0 aliphatic carbocycles. The molecule has 0 radical (unpaired) electrons. The van der Waals surface area contributed by atoms with Crippen LogP contribution in [-0.2, 0) is 16.1 Å². The summed E-state index contributed by atoms with van der Waals surface area (Å²) in [4.78, 5) is 22.7. The summed E-state index contributed by atoms with van der Waals surface area (Å²) in [5.74, 6) is 0.709. The average molecular weight is 343 g/mol. The lowest BCUT2D eigenvalue weighted by Crippen LogP contribution is -2.11. The van der Waals surface area contributed by atoms with Gasteiger partial charge >= 0.3 is 5.97 Å². The quantitative estimate of drug-likeness (QED) is 0.559. The maximum absolute atomic E-state index is 11.7. The highest BCUT2D eigenvalue weighted by molar-refractivity contribution is 5.92. The second-order valence-electron chi connectivity index (χ2n) is 5.35. The average Bonchev–Trinajstić information content (AvgIpc) is 2.64. The van der Waals surface area contributed by atoms with Crippen LogP contribution in [0.25, 0.3) is 0 Å². The summed E-state index contributed by atoms with van der Waals surface area (Å²) in [6.07, 6.45) is 0.834. The van der Waals surface area contributed by atoms with Crippen LogP contribution in [0, 0.1) is 0 Å². The van der Waals surface area contributed by atoms with Gasteiger partial charge in [-0.05, 0) is 48.4 Å². The van der Waals surface area contributed by atoms with Gasteiger partial charge in [-0.15, -0.1) is 0 Å². The highest BCUT2D eigenvalue weighted by Crippen LogP contribution is 2.17. The van der Waals surface area contributed by atoms with Gasteiger partial charge in [0.15, 0.2) is 0 Å². The molecule has 6 nitrogen and oxygen atoms in total. The number of primary amides is 1. The molecule has 0 heterocycles. The Labute approximate surface area is 146 Å². The lowest BCUT2D eigenvalue weighted by atomic mass is 10.1. The number of hydrogen-bond donors (Lipinski definition) is 1. The molecule has 6 heteroatoms. The Morgan fingerprint density at radius 1 is 0.960 bits per heavy atom. The van der Waals surface area contributed by atoms with Crippen molar-refractivity contribution in [2.24, 2.45) is 5.73 Å². The molecule has 2 aromatic rings. The van der Waals surface area contributed by atoms with Gasteiger partial charge in [-0.2, -0.15) is 0 Å². The van der Waals surface area contributed by atoms with Gasteiger partial charge in [0, 0.05) is 12.0 Å². The van der Waals surface area contributed by atoms with Crippen LogP contribution >= 0.6 is 0 Å². The van der Waals surface area contributed by atoms with Crippen LogP contribution in [0.5, 0.6) is 11.5 Å². The van der Waals surface area contributed by atoms with Crippen molar-refractivity contribution in [2.45, 2.75) is 19.4 Å². The smallest absolute Gasteiger partial charge is 0.306 e. The van der Waals surface area contributed by atoms with Gasteiger partial charge in [0.05, 0.1) is 13.7 Å². The first-order valence-corrected chi connectivity index (χ1v) is 7.89. The molecule has 0 saturated carbocycles. The van der Waals surface area contributed by atoms with Crippen LogP contribution in [-0.4, -0.2) is 25.6 Å². The Hall–Kier alpha value is -3.02. The first-order chi connectivity index (χ1) is 12.1. The summed E-state index contributed by atoms with van der Waals surface area (Å²) >= 11 is 0. The lowest BCUT2D eigenvalue weighted by Gasteiger charge is -2.08. The van der Waals surface area contributed by atoms with E-state index in [1.54, 1.807) is 31.4 Å². The van der Waals surface area contributed by atoms with E-state index in [2.05, 4.69) is 0 Å². The maximum atomic E-state index is 11.7. The summed E-state index contributed by atoms with van der Waals surface area (Å²) in [5, 5.41) is 0. The first kappa shape index (κ1) is 18.3. The van der Waals surface area contributed by atoms with Crippen molar-refractivity contribution in [3.05, 3.63) is 59.7 Å². The molecule has 0 aliphatic heterocycles. The minimum atomic E-state index is -0.486. The largest absolute Gasteiger partial charge is 0.497 e. The number of methoxy groups -OCH3 is 1. The minimum absolute atomic E-state index is 0.164. The van der Waals surface area contributed by atoms with Gasteiger partial charge in [0.25, 0.3) is 0 Å². The highest BCUT2D eigenvalue weighted by atomic mass is 16.5. The lowest BCUT2D eigenvalue weighted by molar-refractivity contribution is -0.145. The molecule has 0 aromatic heterocycles. The van der Waals surface area contributed by atoms with Crippen molar-refractivity contribution < 1.29 is 23.8 Å². The van der Waals surface area contributed by atoms with Crippen molar-refractivity contribution >= 4 is 11.9 Å². The number of benzene rings is 2. The molecular formula is C19H21NO5. The van der Waals surface area contributed by atoms with E-state index in [1.165, 1.54) is 0 Å². The van der Waals surface area contributed by atoms with Gasteiger partial charge in [0.1, 0.15) is 18.1 Å². The normalized spacial score (nSPS) is 10.1. The third-order valence-corrected chi connectivity index (χ3v) is 3.49. The Bertz CT molecular complexity index is 695. The number of nitrogens with two attached hydrogens (primary N) is 1. The second-order valence-corrected chi connectivity index (χ2v) is 5.35. The summed E-state index contributed by atoms with van der Waals surface area (Å²) in [5.41, 5.74) is 6.39. The third-order valence-electron chi connectivity index (χ3n) is 3.49. The van der Waals surface area contributed by atoms with E-state index in [-0.39, 0.29) is 19.0 Å². The number of hydrogen-bond acceptors (Lipinski definition) is 5. The third kappa shape index (κ3) is 6.18. The van der Waals surface area contributed by atoms with Crippen LogP contribution in [0.1, 0.15) is 28.8 Å². The molecular weight excluding hydrogens is 322 g/mol. The summed E-state index contributed by atoms with van der Waals surface area (Å²) in [6, 6.07) is 13.9. The van der Waals surface area contributed by atoms with Crippen LogP contribution < -0.4 is 15.2 Å². The maximum Gasteiger partial charge on any atom is 0.306 e. The van der Waals surface area contributed by atoms with Crippen molar-refractivity contribution in [2.75, 3.05) is 13.7 Å². The van der Waals surface area contributed by atoms with E-state index in [4.69, 9.17) is 19.9 Å². The fourth-order valence-corrected chi connectivity index (χ4v) is 2.08. The fourth-order valence-electron chi connectivity index (χ4n) is 2.08. The predicted molar refractivity (Wildman–Crippen MR) is 92.5 cm³/mol. The number of rotatable bonds is 9. The van der Waals surface area contributed by atoms with E-state index < -0.39 is 5.91 Å². The second kappa shape index (κ2) is 9.32. The van der Waals surface area contributed by atoms with Crippen molar-refractivity contribution in [3.63, 3.8) is 0 Å². The zero-order valence-corrected chi connectivity index (χ0v) is 14.1. The standard InChI is InChI=1S/C19H21NO5/c1-23-16-8-10-17(11-9-16)24-12-2-3-18(21)25-13-14-4-6-15(7-5-14)19(20)22/h4-11H,2-3,12-13H2,1H3,(H2,20,22). The summed E-state index contributed by atoms with van der Waals surface area (Å²) in [6.45, 7) is 0.589. The van der Waals surface area contributed by atoms with E-state index in [0.717, 1.165) is 17.1 Å². The van der Waals surface area contributed by atoms with E-state index >= 15 is 0 Å². The summed E-state index contributed by atoms with van der Waals surface area (Å²) < 4.78 is 15.8. The van der Waals surface area contributed by atoms with Gasteiger partial charge in [0.2, 0.25) is 5.91 Å². The van der Waals surface area contributed by atoms with E-state index in [1.807, 2.05) is 24.3 Å². The molecule has 2 aromatic carbocycles. The highest BCUT2D eigenvalue weighted by Gasteiger charge is 2.05. The Balaban J connectivity index is 1.64. The zero-order valence-electron chi connectivity index (χ0n) is 14.1. The molecule has 0 fully saturated rings. The fraction of sp³-hybridized carbons (Fsp3) is 0.263. The number of amides is 1.